The molecule has 0 aliphatic carbocycles. The van der Waals surface area contributed by atoms with Crippen molar-refractivity contribution in [3.05, 3.63) is 140 Å². The van der Waals surface area contributed by atoms with E-state index >= 15 is 0 Å². The lowest BCUT2D eigenvalue weighted by molar-refractivity contribution is 0.312. The number of hydrogen-bond donors (Lipinski definition) is 1. The molecule has 6 aromatic rings. The third kappa shape index (κ3) is 9.97. The van der Waals surface area contributed by atoms with E-state index in [1.807, 2.05) is 71.6 Å². The van der Waals surface area contributed by atoms with Crippen molar-refractivity contribution in [1.82, 2.24) is 39.3 Å². The second-order valence-electron chi connectivity index (χ2n) is 12.4. The Morgan fingerprint density at radius 3 is 1.80 bits per heavy atom. The van der Waals surface area contributed by atoms with E-state index in [4.69, 9.17) is 21.7 Å². The van der Waals surface area contributed by atoms with Gasteiger partial charge in [0.25, 0.3) is 11.1 Å². The van der Waals surface area contributed by atoms with Crippen LogP contribution in [0.5, 0.6) is 0 Å². The van der Waals surface area contributed by atoms with Crippen molar-refractivity contribution < 1.29 is 0 Å². The molecule has 2 aliphatic heterocycles. The smallest absolute Gasteiger partial charge is 0.261 e. The van der Waals surface area contributed by atoms with E-state index in [0.29, 0.717) is 65.4 Å². The number of aromatic nitrogens is 6. The maximum absolute atomic E-state index is 12.9. The molecule has 0 bridgehead atoms. The molecule has 12 heteroatoms. The highest BCUT2D eigenvalue weighted by molar-refractivity contribution is 9.09. The first-order valence-electron chi connectivity index (χ1n) is 17.7. The summed E-state index contributed by atoms with van der Waals surface area (Å²) in [6.07, 6.45) is 9.56. The number of nitriles is 1. The summed E-state index contributed by atoms with van der Waals surface area (Å²) in [7, 11) is 0. The summed E-state index contributed by atoms with van der Waals surface area (Å²) < 4.78 is 3.51. The second kappa shape index (κ2) is 19.1. The van der Waals surface area contributed by atoms with Crippen LogP contribution in [0.15, 0.2) is 94.8 Å². The Balaban J connectivity index is 0.000000172. The van der Waals surface area contributed by atoms with E-state index in [1.54, 1.807) is 27.6 Å². The standard InChI is InChI=1S/C21H17N5O.C19H16N4O.C3H3Br/c22-9-12-25-11-8-20-24-19-15-16(4-6-17-3-1-2-10-23-17)5-7-18(19)21(27)26(20)14-13-25;24-19-16-7-5-14(4-6-15-3-1-2-9-21-15)13-17(16)22-18-8-10-20-11-12-23(18)19;1-2-3-4/h1-3,5,7,10,15H,8,11-14H2;1-3,5,7,9,13,20H,8,10-12H2;1H,3H2. The molecule has 8 rings (SSSR count). The van der Waals surface area contributed by atoms with Gasteiger partial charge in [0.05, 0.1) is 39.7 Å². The molecule has 6 heterocycles. The molecule has 0 saturated heterocycles. The van der Waals surface area contributed by atoms with E-state index in [0.717, 1.165) is 54.5 Å². The summed E-state index contributed by atoms with van der Waals surface area (Å²) in [6.45, 7) is 4.64. The molecule has 0 atom stereocenters. The van der Waals surface area contributed by atoms with Crippen LogP contribution in [0.1, 0.15) is 34.2 Å². The average molecular weight is 791 g/mol. The maximum Gasteiger partial charge on any atom is 0.261 e. The summed E-state index contributed by atoms with van der Waals surface area (Å²) in [5.74, 6) is 16.2. The van der Waals surface area contributed by atoms with E-state index in [1.165, 1.54) is 0 Å². The molecule has 0 amide bonds. The van der Waals surface area contributed by atoms with Gasteiger partial charge in [0.1, 0.15) is 23.0 Å². The predicted octanol–water partition coefficient (Wildman–Crippen LogP) is 3.92. The molecule has 2 aromatic carbocycles. The Labute approximate surface area is 327 Å². The topological polar surface area (TPSA) is 135 Å². The molecule has 4 aromatic heterocycles. The van der Waals surface area contributed by atoms with Crippen LogP contribution in [0.25, 0.3) is 21.8 Å². The molecular formula is C43H36BrN9O2. The van der Waals surface area contributed by atoms with Crippen molar-refractivity contribution in [3.63, 3.8) is 0 Å². The van der Waals surface area contributed by atoms with Crippen LogP contribution < -0.4 is 16.4 Å². The minimum Gasteiger partial charge on any atom is -0.315 e. The number of pyridine rings is 2. The first kappa shape index (κ1) is 38.3. The summed E-state index contributed by atoms with van der Waals surface area (Å²) in [5, 5.41) is 14.1. The van der Waals surface area contributed by atoms with Crippen LogP contribution in [0, 0.1) is 47.4 Å². The molecule has 0 fully saturated rings. The Hall–Kier alpha value is -6.41. The van der Waals surface area contributed by atoms with E-state index in [9.17, 15) is 9.59 Å². The van der Waals surface area contributed by atoms with E-state index in [-0.39, 0.29) is 11.1 Å². The fraction of sp³-hybridized carbons (Fsp3) is 0.233. The zero-order valence-corrected chi connectivity index (χ0v) is 31.6. The highest BCUT2D eigenvalue weighted by Gasteiger charge is 2.18. The average Bonchev–Trinajstić information content (AvgIpc) is 3.59. The van der Waals surface area contributed by atoms with Crippen LogP contribution in [0.3, 0.4) is 0 Å². The number of fused-ring (bicyclic) bond motifs is 4. The molecule has 55 heavy (non-hydrogen) atoms. The van der Waals surface area contributed by atoms with Gasteiger partial charge in [-0.1, -0.05) is 45.8 Å². The lowest BCUT2D eigenvalue weighted by Gasteiger charge is -2.14. The Bertz CT molecular complexity index is 2640. The van der Waals surface area contributed by atoms with Crippen molar-refractivity contribution in [2.24, 2.45) is 0 Å². The lowest BCUT2D eigenvalue weighted by atomic mass is 10.1. The van der Waals surface area contributed by atoms with Crippen LogP contribution in [0.2, 0.25) is 0 Å². The fourth-order valence-corrected chi connectivity index (χ4v) is 6.06. The highest BCUT2D eigenvalue weighted by Crippen LogP contribution is 2.15. The first-order valence-corrected chi connectivity index (χ1v) is 18.8. The zero-order valence-electron chi connectivity index (χ0n) is 30.0. The number of terminal acetylenes is 1. The van der Waals surface area contributed by atoms with Crippen LogP contribution in [-0.2, 0) is 25.9 Å². The number of benzene rings is 2. The number of nitrogens with one attached hydrogen (secondary N) is 1. The van der Waals surface area contributed by atoms with Gasteiger partial charge in [-0.15, -0.1) is 6.42 Å². The maximum atomic E-state index is 12.9. The Morgan fingerprint density at radius 1 is 0.709 bits per heavy atom. The molecule has 11 nitrogen and oxygen atoms in total. The van der Waals surface area contributed by atoms with Crippen LogP contribution >= 0.6 is 15.9 Å². The van der Waals surface area contributed by atoms with Gasteiger partial charge >= 0.3 is 0 Å². The molecule has 0 saturated carbocycles. The molecule has 0 unspecified atom stereocenters. The minimum atomic E-state index is -0.0296. The monoisotopic (exact) mass is 789 g/mol. The molecule has 272 valence electrons. The van der Waals surface area contributed by atoms with Gasteiger partial charge in [0.2, 0.25) is 0 Å². The van der Waals surface area contributed by atoms with Gasteiger partial charge < -0.3 is 5.32 Å². The Kier molecular flexibility index (Phi) is 13.3. The van der Waals surface area contributed by atoms with Crippen molar-refractivity contribution in [2.75, 3.05) is 38.1 Å². The van der Waals surface area contributed by atoms with Crippen LogP contribution in [-0.4, -0.2) is 72.0 Å². The molecule has 1 N–H and O–H groups in total. The quantitative estimate of drug-likeness (QED) is 0.150. The second-order valence-corrected chi connectivity index (χ2v) is 12.9. The van der Waals surface area contributed by atoms with E-state index < -0.39 is 0 Å². The predicted molar refractivity (Wildman–Crippen MR) is 217 cm³/mol. The number of hydrogen-bond acceptors (Lipinski definition) is 9. The summed E-state index contributed by atoms with van der Waals surface area (Å²) in [4.78, 5) is 45.4. The lowest BCUT2D eigenvalue weighted by Crippen LogP contribution is -2.29. The van der Waals surface area contributed by atoms with E-state index in [2.05, 4.69) is 66.9 Å². The van der Waals surface area contributed by atoms with Gasteiger partial charge in [-0.3, -0.25) is 23.6 Å². The van der Waals surface area contributed by atoms with Gasteiger partial charge in [0, 0.05) is 75.6 Å². The summed E-state index contributed by atoms with van der Waals surface area (Å²) >= 11 is 3.01. The number of nitrogens with zero attached hydrogens (tertiary/aromatic N) is 8. The fourth-order valence-electron chi connectivity index (χ4n) is 6.06. The number of rotatable bonds is 1. The summed E-state index contributed by atoms with van der Waals surface area (Å²) in [5.41, 5.74) is 4.42. The number of halogens is 1. The van der Waals surface area contributed by atoms with Gasteiger partial charge in [0.15, 0.2) is 0 Å². The molecule has 0 spiro atoms. The molecule has 0 radical (unpaired) electrons. The molecular weight excluding hydrogens is 754 g/mol. The largest absolute Gasteiger partial charge is 0.315 e. The van der Waals surface area contributed by atoms with Crippen molar-refractivity contribution in [2.45, 2.75) is 25.9 Å². The number of alkyl halides is 1. The van der Waals surface area contributed by atoms with Gasteiger partial charge in [-0.25, -0.2) is 19.9 Å². The SMILES string of the molecule is C#CCBr.N#CCN1CCc2nc3cc(C#Cc4ccccn4)ccc3c(=O)n2CC1.O=c1c2ccc(C#Cc3ccccn3)cc2nc2n1CCNCC2. The van der Waals surface area contributed by atoms with Gasteiger partial charge in [-0.05, 0) is 72.5 Å². The third-order valence-corrected chi connectivity index (χ3v) is 9.09. The first-order chi connectivity index (χ1) is 27.0. The summed E-state index contributed by atoms with van der Waals surface area (Å²) in [6, 6.07) is 24.4. The van der Waals surface area contributed by atoms with Crippen LogP contribution in [0.4, 0.5) is 0 Å². The minimum absolute atomic E-state index is 0.0296. The third-order valence-electron chi connectivity index (χ3n) is 8.77. The molecule has 2 aliphatic rings. The highest BCUT2D eigenvalue weighted by atomic mass is 79.9. The normalized spacial score (nSPS) is 13.1. The van der Waals surface area contributed by atoms with Crippen molar-refractivity contribution >= 4 is 37.7 Å². The van der Waals surface area contributed by atoms with Gasteiger partial charge in [-0.2, -0.15) is 5.26 Å². The zero-order chi connectivity index (χ0) is 38.4. The van der Waals surface area contributed by atoms with Crippen molar-refractivity contribution in [1.29, 1.82) is 5.26 Å². The van der Waals surface area contributed by atoms with Crippen molar-refractivity contribution in [3.8, 4) is 42.1 Å². The Morgan fingerprint density at radius 2 is 1.27 bits per heavy atom.